The quantitative estimate of drug-likeness (QED) is 0.725. The number of anilines is 1. The van der Waals surface area contributed by atoms with Gasteiger partial charge in [0.25, 0.3) is 5.91 Å². The normalized spacial score (nSPS) is 17.4. The van der Waals surface area contributed by atoms with E-state index < -0.39 is 5.91 Å². The van der Waals surface area contributed by atoms with Crippen molar-refractivity contribution in [1.82, 2.24) is 9.78 Å². The zero-order valence-electron chi connectivity index (χ0n) is 7.94. The zero-order valence-corrected chi connectivity index (χ0v) is 7.94. The molecule has 0 aliphatic heterocycles. The Hall–Kier alpha value is -1.52. The molecule has 1 aliphatic carbocycles. The highest BCUT2D eigenvalue weighted by Gasteiger charge is 2.20. The Labute approximate surface area is 82.1 Å². The first kappa shape index (κ1) is 9.05. The molecule has 5 heteroatoms. The van der Waals surface area contributed by atoms with Crippen LogP contribution in [0.15, 0.2) is 6.20 Å². The fourth-order valence-electron chi connectivity index (χ4n) is 1.95. The van der Waals surface area contributed by atoms with E-state index in [-0.39, 0.29) is 5.82 Å². The number of nitrogen functional groups attached to an aromatic ring is 1. The third-order valence-corrected chi connectivity index (χ3v) is 2.72. The molecule has 14 heavy (non-hydrogen) atoms. The van der Waals surface area contributed by atoms with Crippen molar-refractivity contribution in [1.29, 1.82) is 0 Å². The number of carbonyl (C=O) groups is 1. The lowest BCUT2D eigenvalue weighted by atomic mass is 10.2. The van der Waals surface area contributed by atoms with Crippen LogP contribution in [0.5, 0.6) is 0 Å². The molecular weight excluding hydrogens is 180 g/mol. The van der Waals surface area contributed by atoms with Crippen molar-refractivity contribution >= 4 is 11.7 Å². The van der Waals surface area contributed by atoms with Crippen LogP contribution < -0.4 is 11.5 Å². The maximum absolute atomic E-state index is 10.9. The average Bonchev–Trinajstić information content (AvgIpc) is 2.70. The minimum atomic E-state index is -0.508. The Kier molecular flexibility index (Phi) is 2.15. The van der Waals surface area contributed by atoms with E-state index in [2.05, 4.69) is 5.10 Å². The lowest BCUT2D eigenvalue weighted by Gasteiger charge is -2.07. The van der Waals surface area contributed by atoms with Crippen molar-refractivity contribution in [3.05, 3.63) is 11.8 Å². The molecule has 1 fully saturated rings. The maximum Gasteiger partial charge on any atom is 0.254 e. The largest absolute Gasteiger partial charge is 0.382 e. The molecule has 1 heterocycles. The molecule has 2 rings (SSSR count). The molecular formula is C9H14N4O. The van der Waals surface area contributed by atoms with Gasteiger partial charge in [0, 0.05) is 6.20 Å². The van der Waals surface area contributed by atoms with Gasteiger partial charge in [0.1, 0.15) is 5.56 Å². The highest BCUT2D eigenvalue weighted by molar-refractivity contribution is 5.96. The molecule has 4 N–H and O–H groups in total. The number of hydrogen-bond donors (Lipinski definition) is 2. The van der Waals surface area contributed by atoms with Gasteiger partial charge in [0.05, 0.1) is 6.04 Å². The summed E-state index contributed by atoms with van der Waals surface area (Å²) < 4.78 is 1.78. The monoisotopic (exact) mass is 194 g/mol. The number of amides is 1. The first-order valence-electron chi connectivity index (χ1n) is 4.83. The van der Waals surface area contributed by atoms with Crippen LogP contribution in [0, 0.1) is 0 Å². The lowest BCUT2D eigenvalue weighted by Crippen LogP contribution is -2.12. The molecule has 0 saturated heterocycles. The van der Waals surface area contributed by atoms with E-state index in [1.54, 1.807) is 10.9 Å². The molecule has 0 aromatic carbocycles. The molecule has 0 unspecified atom stereocenters. The van der Waals surface area contributed by atoms with Crippen LogP contribution in [-0.4, -0.2) is 15.7 Å². The van der Waals surface area contributed by atoms with Gasteiger partial charge in [-0.15, -0.1) is 0 Å². The molecule has 1 aromatic heterocycles. The molecule has 1 aliphatic rings. The first-order valence-corrected chi connectivity index (χ1v) is 4.83. The maximum atomic E-state index is 10.9. The predicted octanol–water partition coefficient (Wildman–Crippen LogP) is 0.679. The number of aromatic nitrogens is 2. The molecule has 0 spiro atoms. The number of nitrogens with zero attached hydrogens (tertiary/aromatic N) is 2. The van der Waals surface area contributed by atoms with Gasteiger partial charge < -0.3 is 11.5 Å². The number of hydrogen-bond acceptors (Lipinski definition) is 3. The Morgan fingerprint density at radius 2 is 2.14 bits per heavy atom. The van der Waals surface area contributed by atoms with Crippen LogP contribution in [0.1, 0.15) is 42.1 Å². The van der Waals surface area contributed by atoms with E-state index in [0.29, 0.717) is 11.6 Å². The second kappa shape index (κ2) is 3.32. The molecule has 5 nitrogen and oxygen atoms in total. The summed E-state index contributed by atoms with van der Waals surface area (Å²) in [6.07, 6.45) is 6.32. The summed E-state index contributed by atoms with van der Waals surface area (Å²) in [7, 11) is 0. The standard InChI is InChI=1S/C9H14N4O/c10-8-7(9(11)14)5-13(12-8)6-3-1-2-4-6/h5-6H,1-4H2,(H2,10,12)(H2,11,14). The molecule has 0 radical (unpaired) electrons. The molecule has 0 atom stereocenters. The Balaban J connectivity index is 2.27. The van der Waals surface area contributed by atoms with Gasteiger partial charge in [-0.2, -0.15) is 5.10 Å². The number of nitrogens with two attached hydrogens (primary N) is 2. The number of carbonyl (C=O) groups excluding carboxylic acids is 1. The SMILES string of the molecule is NC(=O)c1cn(C2CCCC2)nc1N. The third-order valence-electron chi connectivity index (χ3n) is 2.72. The van der Waals surface area contributed by atoms with Crippen molar-refractivity contribution < 1.29 is 4.79 Å². The third kappa shape index (κ3) is 1.45. The lowest BCUT2D eigenvalue weighted by molar-refractivity contribution is 0.100. The van der Waals surface area contributed by atoms with Crippen LogP contribution in [0.2, 0.25) is 0 Å². The van der Waals surface area contributed by atoms with E-state index in [0.717, 1.165) is 12.8 Å². The second-order valence-corrected chi connectivity index (χ2v) is 3.71. The predicted molar refractivity (Wildman–Crippen MR) is 52.7 cm³/mol. The molecule has 0 bridgehead atoms. The van der Waals surface area contributed by atoms with E-state index in [1.165, 1.54) is 12.8 Å². The molecule has 1 aromatic rings. The van der Waals surface area contributed by atoms with Crippen molar-refractivity contribution in [2.75, 3.05) is 5.73 Å². The fourth-order valence-corrected chi connectivity index (χ4v) is 1.95. The molecule has 76 valence electrons. The Bertz CT molecular complexity index is 352. The van der Waals surface area contributed by atoms with E-state index in [4.69, 9.17) is 11.5 Å². The van der Waals surface area contributed by atoms with Crippen molar-refractivity contribution in [2.24, 2.45) is 5.73 Å². The average molecular weight is 194 g/mol. The van der Waals surface area contributed by atoms with Crippen LogP contribution in [-0.2, 0) is 0 Å². The van der Waals surface area contributed by atoms with Crippen LogP contribution in [0.3, 0.4) is 0 Å². The van der Waals surface area contributed by atoms with Gasteiger partial charge in [0.15, 0.2) is 5.82 Å². The zero-order chi connectivity index (χ0) is 10.1. The molecule has 1 amide bonds. The summed E-state index contributed by atoms with van der Waals surface area (Å²) in [6.45, 7) is 0. The minimum absolute atomic E-state index is 0.240. The summed E-state index contributed by atoms with van der Waals surface area (Å²) in [5.41, 5.74) is 11.1. The molecule has 1 saturated carbocycles. The highest BCUT2D eigenvalue weighted by Crippen LogP contribution is 2.29. The number of primary amides is 1. The fraction of sp³-hybridized carbons (Fsp3) is 0.556. The van der Waals surface area contributed by atoms with Crippen molar-refractivity contribution in [3.63, 3.8) is 0 Å². The van der Waals surface area contributed by atoms with Gasteiger partial charge in [-0.25, -0.2) is 0 Å². The first-order chi connectivity index (χ1) is 6.68. The van der Waals surface area contributed by atoms with Crippen LogP contribution in [0.25, 0.3) is 0 Å². The Morgan fingerprint density at radius 3 is 2.64 bits per heavy atom. The summed E-state index contributed by atoms with van der Waals surface area (Å²) >= 11 is 0. The second-order valence-electron chi connectivity index (χ2n) is 3.71. The topological polar surface area (TPSA) is 86.9 Å². The van der Waals surface area contributed by atoms with Crippen LogP contribution in [0.4, 0.5) is 5.82 Å². The summed E-state index contributed by atoms with van der Waals surface area (Å²) in [5.74, 6) is -0.267. The van der Waals surface area contributed by atoms with Gasteiger partial charge in [0.2, 0.25) is 0 Å². The summed E-state index contributed by atoms with van der Waals surface area (Å²) in [6, 6.07) is 0.394. The van der Waals surface area contributed by atoms with Gasteiger partial charge in [-0.05, 0) is 12.8 Å². The van der Waals surface area contributed by atoms with E-state index >= 15 is 0 Å². The number of rotatable bonds is 2. The van der Waals surface area contributed by atoms with Gasteiger partial charge in [-0.1, -0.05) is 12.8 Å². The summed E-state index contributed by atoms with van der Waals surface area (Å²) in [5, 5.41) is 4.11. The highest BCUT2D eigenvalue weighted by atomic mass is 16.1. The minimum Gasteiger partial charge on any atom is -0.382 e. The van der Waals surface area contributed by atoms with Gasteiger partial charge >= 0.3 is 0 Å². The van der Waals surface area contributed by atoms with Crippen molar-refractivity contribution in [2.45, 2.75) is 31.7 Å². The van der Waals surface area contributed by atoms with E-state index in [9.17, 15) is 4.79 Å². The van der Waals surface area contributed by atoms with Crippen molar-refractivity contribution in [3.8, 4) is 0 Å². The van der Waals surface area contributed by atoms with Crippen LogP contribution >= 0.6 is 0 Å². The van der Waals surface area contributed by atoms with Gasteiger partial charge in [-0.3, -0.25) is 9.48 Å². The summed E-state index contributed by atoms with van der Waals surface area (Å²) in [4.78, 5) is 10.9. The Morgan fingerprint density at radius 1 is 1.50 bits per heavy atom. The van der Waals surface area contributed by atoms with E-state index in [1.807, 2.05) is 0 Å². The smallest absolute Gasteiger partial charge is 0.254 e.